The Morgan fingerprint density at radius 2 is 2.04 bits per heavy atom. The summed E-state index contributed by atoms with van der Waals surface area (Å²) in [4.78, 5) is 2.12. The van der Waals surface area contributed by atoms with Crippen molar-refractivity contribution >= 4 is 17.3 Å². The third-order valence-electron chi connectivity index (χ3n) is 4.10. The molecular formula is C18H21ClN2O2. The number of nitrogens with one attached hydrogen (secondary N) is 1. The SMILES string of the molecule is CNC(C(O)Cc1ccccc1)N1CCOc2ccc(Cl)cc21. The molecule has 0 aliphatic carbocycles. The van der Waals surface area contributed by atoms with Crippen molar-refractivity contribution in [2.75, 3.05) is 25.1 Å². The van der Waals surface area contributed by atoms with E-state index in [1.807, 2.05) is 55.6 Å². The minimum absolute atomic E-state index is 0.212. The van der Waals surface area contributed by atoms with Gasteiger partial charge in [-0.05, 0) is 30.8 Å². The Bertz CT molecular complexity index is 651. The highest BCUT2D eigenvalue weighted by atomic mass is 35.5. The van der Waals surface area contributed by atoms with Crippen LogP contribution in [0.15, 0.2) is 48.5 Å². The molecule has 2 atom stereocenters. The first kappa shape index (κ1) is 16.1. The number of nitrogens with zero attached hydrogens (tertiary/aromatic N) is 1. The van der Waals surface area contributed by atoms with E-state index in [0.29, 0.717) is 24.6 Å². The maximum absolute atomic E-state index is 10.7. The Morgan fingerprint density at radius 3 is 2.78 bits per heavy atom. The van der Waals surface area contributed by atoms with E-state index in [2.05, 4.69) is 10.2 Å². The molecule has 4 nitrogen and oxygen atoms in total. The highest BCUT2D eigenvalue weighted by molar-refractivity contribution is 6.30. The van der Waals surface area contributed by atoms with Crippen molar-refractivity contribution < 1.29 is 9.84 Å². The number of likely N-dealkylation sites (N-methyl/N-ethyl adjacent to an activating group) is 1. The smallest absolute Gasteiger partial charge is 0.142 e. The first-order chi connectivity index (χ1) is 11.2. The zero-order chi connectivity index (χ0) is 16.2. The zero-order valence-electron chi connectivity index (χ0n) is 13.1. The maximum Gasteiger partial charge on any atom is 0.142 e. The second-order valence-corrected chi connectivity index (χ2v) is 6.08. The number of fused-ring (bicyclic) bond motifs is 1. The number of rotatable bonds is 5. The number of benzene rings is 2. The predicted octanol–water partition coefficient (Wildman–Crippen LogP) is 2.69. The summed E-state index contributed by atoms with van der Waals surface area (Å²) >= 11 is 6.13. The average Bonchev–Trinajstić information content (AvgIpc) is 2.57. The zero-order valence-corrected chi connectivity index (χ0v) is 13.8. The number of ether oxygens (including phenoxy) is 1. The summed E-state index contributed by atoms with van der Waals surface area (Å²) < 4.78 is 5.69. The molecule has 5 heteroatoms. The van der Waals surface area contributed by atoms with Crippen molar-refractivity contribution in [2.45, 2.75) is 18.7 Å². The molecule has 0 aromatic heterocycles. The molecule has 0 saturated carbocycles. The normalized spacial score (nSPS) is 16.4. The summed E-state index contributed by atoms with van der Waals surface area (Å²) in [5.74, 6) is 0.799. The number of anilines is 1. The van der Waals surface area contributed by atoms with E-state index in [1.54, 1.807) is 0 Å². The van der Waals surface area contributed by atoms with Crippen LogP contribution < -0.4 is 15.0 Å². The van der Waals surface area contributed by atoms with Crippen LogP contribution in [0, 0.1) is 0 Å². The molecule has 3 rings (SSSR count). The Kier molecular flexibility index (Phi) is 5.06. The van der Waals surface area contributed by atoms with Crippen molar-refractivity contribution in [3.05, 3.63) is 59.1 Å². The second-order valence-electron chi connectivity index (χ2n) is 5.64. The van der Waals surface area contributed by atoms with Crippen LogP contribution in [0.5, 0.6) is 5.75 Å². The molecule has 0 amide bonds. The van der Waals surface area contributed by atoms with Gasteiger partial charge in [0.05, 0.1) is 18.3 Å². The summed E-state index contributed by atoms with van der Waals surface area (Å²) in [5.41, 5.74) is 2.02. The fraction of sp³-hybridized carbons (Fsp3) is 0.333. The molecule has 1 aliphatic rings. The number of hydrogen-bond donors (Lipinski definition) is 2. The van der Waals surface area contributed by atoms with Gasteiger partial charge in [-0.1, -0.05) is 41.9 Å². The van der Waals surface area contributed by atoms with Gasteiger partial charge in [0.15, 0.2) is 0 Å². The molecule has 2 N–H and O–H groups in total. The number of aliphatic hydroxyl groups is 1. The Hall–Kier alpha value is -1.75. The maximum atomic E-state index is 10.7. The summed E-state index contributed by atoms with van der Waals surface area (Å²) in [5, 5.41) is 14.6. The van der Waals surface area contributed by atoms with Gasteiger partial charge in [-0.15, -0.1) is 0 Å². The van der Waals surface area contributed by atoms with Crippen molar-refractivity contribution in [2.24, 2.45) is 0 Å². The van der Waals surface area contributed by atoms with Gasteiger partial charge in [0, 0.05) is 11.4 Å². The third-order valence-corrected chi connectivity index (χ3v) is 4.34. The van der Waals surface area contributed by atoms with E-state index in [-0.39, 0.29) is 6.17 Å². The molecule has 2 unspecified atom stereocenters. The lowest BCUT2D eigenvalue weighted by molar-refractivity contribution is 0.124. The standard InChI is InChI=1S/C18H21ClN2O2/c1-20-18(16(22)11-13-5-3-2-4-6-13)21-9-10-23-17-8-7-14(19)12-15(17)21/h2-8,12,16,18,20,22H,9-11H2,1H3. The third kappa shape index (κ3) is 3.61. The van der Waals surface area contributed by atoms with Gasteiger partial charge < -0.3 is 14.7 Å². The molecule has 0 spiro atoms. The van der Waals surface area contributed by atoms with Crippen LogP contribution in [0.25, 0.3) is 0 Å². The molecular weight excluding hydrogens is 312 g/mol. The van der Waals surface area contributed by atoms with Crippen molar-refractivity contribution in [3.8, 4) is 5.75 Å². The highest BCUT2D eigenvalue weighted by Gasteiger charge is 2.29. The molecule has 0 fully saturated rings. The lowest BCUT2D eigenvalue weighted by Crippen LogP contribution is -2.55. The summed E-state index contributed by atoms with van der Waals surface area (Å²) in [6.07, 6.45) is -0.178. The number of hydrogen-bond acceptors (Lipinski definition) is 4. The summed E-state index contributed by atoms with van der Waals surface area (Å²) in [7, 11) is 1.86. The minimum Gasteiger partial charge on any atom is -0.490 e. The van der Waals surface area contributed by atoms with Gasteiger partial charge in [0.1, 0.15) is 18.5 Å². The van der Waals surface area contributed by atoms with Crippen LogP contribution in [0.1, 0.15) is 5.56 Å². The minimum atomic E-state index is -0.549. The van der Waals surface area contributed by atoms with E-state index in [4.69, 9.17) is 16.3 Å². The van der Waals surface area contributed by atoms with E-state index in [0.717, 1.165) is 17.0 Å². The number of aliphatic hydroxyl groups excluding tert-OH is 1. The van der Waals surface area contributed by atoms with Crippen LogP contribution in [0.4, 0.5) is 5.69 Å². The second kappa shape index (κ2) is 7.21. The average molecular weight is 333 g/mol. The summed E-state index contributed by atoms with van der Waals surface area (Å²) in [6, 6.07) is 15.6. The van der Waals surface area contributed by atoms with Crippen LogP contribution in [-0.4, -0.2) is 37.6 Å². The van der Waals surface area contributed by atoms with Crippen LogP contribution in [0.3, 0.4) is 0 Å². The van der Waals surface area contributed by atoms with Crippen LogP contribution in [-0.2, 0) is 6.42 Å². The van der Waals surface area contributed by atoms with Gasteiger partial charge in [-0.2, -0.15) is 0 Å². The first-order valence-corrected chi connectivity index (χ1v) is 8.15. The molecule has 23 heavy (non-hydrogen) atoms. The first-order valence-electron chi connectivity index (χ1n) is 7.77. The van der Waals surface area contributed by atoms with Crippen LogP contribution >= 0.6 is 11.6 Å². The van der Waals surface area contributed by atoms with E-state index < -0.39 is 6.10 Å². The topological polar surface area (TPSA) is 44.7 Å². The molecule has 1 heterocycles. The Morgan fingerprint density at radius 1 is 1.26 bits per heavy atom. The predicted molar refractivity (Wildman–Crippen MR) is 93.3 cm³/mol. The molecule has 122 valence electrons. The lowest BCUT2D eigenvalue weighted by atomic mass is 10.0. The molecule has 2 aromatic carbocycles. The molecule has 0 bridgehead atoms. The van der Waals surface area contributed by atoms with Gasteiger partial charge in [-0.25, -0.2) is 0 Å². The van der Waals surface area contributed by atoms with Gasteiger partial charge in [0.2, 0.25) is 0 Å². The fourth-order valence-corrected chi connectivity index (χ4v) is 3.19. The van der Waals surface area contributed by atoms with E-state index >= 15 is 0 Å². The molecule has 0 saturated heterocycles. The number of halogens is 1. The van der Waals surface area contributed by atoms with Crippen molar-refractivity contribution in [1.82, 2.24) is 5.32 Å². The van der Waals surface area contributed by atoms with Gasteiger partial charge >= 0.3 is 0 Å². The Labute approximate surface area is 141 Å². The summed E-state index contributed by atoms with van der Waals surface area (Å²) in [6.45, 7) is 1.29. The molecule has 2 aromatic rings. The molecule has 0 radical (unpaired) electrons. The van der Waals surface area contributed by atoms with Crippen molar-refractivity contribution in [3.63, 3.8) is 0 Å². The largest absolute Gasteiger partial charge is 0.490 e. The van der Waals surface area contributed by atoms with Crippen molar-refractivity contribution in [1.29, 1.82) is 0 Å². The Balaban J connectivity index is 1.83. The van der Waals surface area contributed by atoms with Gasteiger partial charge in [0.25, 0.3) is 0 Å². The van der Waals surface area contributed by atoms with E-state index in [1.165, 1.54) is 0 Å². The van der Waals surface area contributed by atoms with E-state index in [9.17, 15) is 5.11 Å². The lowest BCUT2D eigenvalue weighted by Gasteiger charge is -2.39. The highest BCUT2D eigenvalue weighted by Crippen LogP contribution is 2.35. The monoisotopic (exact) mass is 332 g/mol. The van der Waals surface area contributed by atoms with Crippen LogP contribution in [0.2, 0.25) is 5.02 Å². The quantitative estimate of drug-likeness (QED) is 0.883. The van der Waals surface area contributed by atoms with Gasteiger partial charge in [-0.3, -0.25) is 5.32 Å². The fourth-order valence-electron chi connectivity index (χ4n) is 3.02. The molecule has 1 aliphatic heterocycles.